The van der Waals surface area contributed by atoms with E-state index in [-0.39, 0.29) is 10.6 Å². The fourth-order valence-electron chi connectivity index (χ4n) is 3.09. The maximum Gasteiger partial charge on any atom is 0.311 e. The second kappa shape index (κ2) is 6.96. The Morgan fingerprint density at radius 3 is 2.36 bits per heavy atom. The van der Waals surface area contributed by atoms with Gasteiger partial charge in [0.2, 0.25) is 5.75 Å². The summed E-state index contributed by atoms with van der Waals surface area (Å²) in [6.07, 6.45) is 0.713. The molecule has 1 aliphatic rings. The van der Waals surface area contributed by atoms with E-state index in [4.69, 9.17) is 4.74 Å². The molecular formula is C16H25N3O3. The molecule has 0 saturated carbocycles. The molecule has 0 N–H and O–H groups in total. The third kappa shape index (κ3) is 3.16. The monoisotopic (exact) mass is 307 g/mol. The molecule has 6 nitrogen and oxygen atoms in total. The summed E-state index contributed by atoms with van der Waals surface area (Å²) < 4.78 is 5.34. The van der Waals surface area contributed by atoms with Crippen molar-refractivity contribution in [2.24, 2.45) is 0 Å². The lowest BCUT2D eigenvalue weighted by molar-refractivity contribution is -0.385. The van der Waals surface area contributed by atoms with Crippen LogP contribution in [0.25, 0.3) is 0 Å². The third-order valence-corrected chi connectivity index (χ3v) is 4.35. The van der Waals surface area contributed by atoms with Crippen LogP contribution in [0.1, 0.15) is 26.3 Å². The largest absolute Gasteiger partial charge is 0.490 e. The lowest BCUT2D eigenvalue weighted by Gasteiger charge is -2.39. The molecule has 6 heteroatoms. The number of nitro groups is 1. The van der Waals surface area contributed by atoms with Crippen molar-refractivity contribution < 1.29 is 9.66 Å². The lowest BCUT2D eigenvalue weighted by Crippen LogP contribution is -2.49. The molecule has 0 aromatic heterocycles. The van der Waals surface area contributed by atoms with Crippen LogP contribution in [0, 0.1) is 10.1 Å². The predicted octanol–water partition coefficient (Wildman–Crippen LogP) is 2.70. The summed E-state index contributed by atoms with van der Waals surface area (Å²) in [5.41, 5.74) is 2.03. The van der Waals surface area contributed by atoms with E-state index in [1.54, 1.807) is 6.07 Å². The average Bonchev–Trinajstić information content (AvgIpc) is 2.53. The summed E-state index contributed by atoms with van der Waals surface area (Å²) >= 11 is 0. The molecular weight excluding hydrogens is 282 g/mol. The first-order valence-electron chi connectivity index (χ1n) is 7.82. The van der Waals surface area contributed by atoms with Crippen LogP contribution in [-0.4, -0.2) is 49.2 Å². The highest BCUT2D eigenvalue weighted by atomic mass is 16.6. The molecule has 0 bridgehead atoms. The van der Waals surface area contributed by atoms with E-state index in [2.05, 4.69) is 23.6 Å². The zero-order chi connectivity index (χ0) is 16.3. The van der Waals surface area contributed by atoms with Gasteiger partial charge in [-0.05, 0) is 26.3 Å². The molecule has 1 aromatic rings. The number of nitro benzene ring substituents is 1. The topological polar surface area (TPSA) is 58.9 Å². The van der Waals surface area contributed by atoms with E-state index in [9.17, 15) is 10.1 Å². The highest BCUT2D eigenvalue weighted by molar-refractivity contribution is 5.66. The Morgan fingerprint density at radius 2 is 1.91 bits per heavy atom. The van der Waals surface area contributed by atoms with E-state index in [0.717, 1.165) is 37.4 Å². The van der Waals surface area contributed by atoms with Crippen LogP contribution in [0.15, 0.2) is 12.1 Å². The van der Waals surface area contributed by atoms with E-state index in [1.165, 1.54) is 7.11 Å². The Morgan fingerprint density at radius 1 is 1.27 bits per heavy atom. The van der Waals surface area contributed by atoms with Crippen LogP contribution in [0.5, 0.6) is 5.75 Å². The summed E-state index contributed by atoms with van der Waals surface area (Å²) in [5.74, 6) is 0.399. The number of methoxy groups -OCH3 is 1. The van der Waals surface area contributed by atoms with Gasteiger partial charge in [-0.15, -0.1) is 0 Å². The van der Waals surface area contributed by atoms with Gasteiger partial charge in [-0.2, -0.15) is 0 Å². The molecule has 0 atom stereocenters. The Bertz CT molecular complexity index is 538. The third-order valence-electron chi connectivity index (χ3n) is 4.35. The minimum atomic E-state index is -0.377. The van der Waals surface area contributed by atoms with Crippen LogP contribution in [-0.2, 0) is 6.42 Å². The van der Waals surface area contributed by atoms with Crippen molar-refractivity contribution in [3.63, 3.8) is 0 Å². The second-order valence-corrected chi connectivity index (χ2v) is 5.84. The molecule has 1 heterocycles. The van der Waals surface area contributed by atoms with Gasteiger partial charge in [-0.1, -0.05) is 6.92 Å². The van der Waals surface area contributed by atoms with E-state index >= 15 is 0 Å². The summed E-state index contributed by atoms with van der Waals surface area (Å²) in [7, 11) is 1.50. The van der Waals surface area contributed by atoms with Crippen molar-refractivity contribution in [1.29, 1.82) is 0 Å². The fraction of sp³-hybridized carbons (Fsp3) is 0.625. The van der Waals surface area contributed by atoms with Gasteiger partial charge < -0.3 is 9.64 Å². The number of hydrogen-bond acceptors (Lipinski definition) is 5. The first kappa shape index (κ1) is 16.5. The van der Waals surface area contributed by atoms with Gasteiger partial charge in [0.25, 0.3) is 0 Å². The van der Waals surface area contributed by atoms with Crippen molar-refractivity contribution in [1.82, 2.24) is 4.90 Å². The highest BCUT2D eigenvalue weighted by Gasteiger charge is 2.25. The number of rotatable bonds is 5. The molecule has 0 unspecified atom stereocenters. The molecule has 1 saturated heterocycles. The maximum absolute atomic E-state index is 11.2. The minimum Gasteiger partial charge on any atom is -0.490 e. The molecule has 22 heavy (non-hydrogen) atoms. The average molecular weight is 307 g/mol. The summed E-state index contributed by atoms with van der Waals surface area (Å²) in [5, 5.41) is 11.2. The van der Waals surface area contributed by atoms with Gasteiger partial charge in [-0.3, -0.25) is 15.0 Å². The SMILES string of the molecule is CCc1c(N2CCN(C(C)C)CC2)ccc([N+](=O)[O-])c1OC. The number of nitrogens with zero attached hydrogens (tertiary/aromatic N) is 3. The molecule has 1 aliphatic heterocycles. The highest BCUT2D eigenvalue weighted by Crippen LogP contribution is 2.38. The molecule has 0 amide bonds. The number of hydrogen-bond donors (Lipinski definition) is 0. The van der Waals surface area contributed by atoms with E-state index in [1.807, 2.05) is 13.0 Å². The van der Waals surface area contributed by atoms with Crippen LogP contribution in [0.3, 0.4) is 0 Å². The van der Waals surface area contributed by atoms with Crippen molar-refractivity contribution in [3.05, 3.63) is 27.8 Å². The van der Waals surface area contributed by atoms with Crippen molar-refractivity contribution >= 4 is 11.4 Å². The van der Waals surface area contributed by atoms with E-state index < -0.39 is 0 Å². The summed E-state index contributed by atoms with van der Waals surface area (Å²) in [4.78, 5) is 15.5. The zero-order valence-electron chi connectivity index (χ0n) is 13.8. The Balaban J connectivity index is 2.30. The van der Waals surface area contributed by atoms with Crippen LogP contribution in [0.2, 0.25) is 0 Å². The standard InChI is InChI=1S/C16H25N3O3/c1-5-13-14(6-7-15(19(20)21)16(13)22-4)18-10-8-17(9-11-18)12(2)3/h6-7,12H,5,8-11H2,1-4H3. The maximum atomic E-state index is 11.2. The lowest BCUT2D eigenvalue weighted by atomic mass is 10.1. The number of piperazine rings is 1. The van der Waals surface area contributed by atoms with Crippen LogP contribution < -0.4 is 9.64 Å². The molecule has 1 fully saturated rings. The van der Waals surface area contributed by atoms with Gasteiger partial charge in [0.15, 0.2) is 0 Å². The smallest absolute Gasteiger partial charge is 0.311 e. The predicted molar refractivity (Wildman–Crippen MR) is 87.9 cm³/mol. The molecule has 2 rings (SSSR count). The first-order chi connectivity index (χ1) is 10.5. The van der Waals surface area contributed by atoms with Crippen molar-refractivity contribution in [3.8, 4) is 5.75 Å². The molecule has 122 valence electrons. The molecule has 1 aromatic carbocycles. The number of ether oxygens (including phenoxy) is 1. The van der Waals surface area contributed by atoms with Gasteiger partial charge >= 0.3 is 5.69 Å². The zero-order valence-corrected chi connectivity index (χ0v) is 13.8. The summed E-state index contributed by atoms with van der Waals surface area (Å²) in [6, 6.07) is 3.98. The Labute approximate surface area is 131 Å². The van der Waals surface area contributed by atoms with Crippen LogP contribution in [0.4, 0.5) is 11.4 Å². The van der Waals surface area contributed by atoms with Crippen LogP contribution >= 0.6 is 0 Å². The van der Waals surface area contributed by atoms with Crippen molar-refractivity contribution in [2.75, 3.05) is 38.2 Å². The normalized spacial score (nSPS) is 16.1. The molecule has 0 radical (unpaired) electrons. The van der Waals surface area contributed by atoms with Crippen molar-refractivity contribution in [2.45, 2.75) is 33.2 Å². The Hall–Kier alpha value is -1.82. The fourth-order valence-corrected chi connectivity index (χ4v) is 3.09. The summed E-state index contributed by atoms with van der Waals surface area (Å²) in [6.45, 7) is 10.3. The minimum absolute atomic E-state index is 0.0453. The quantitative estimate of drug-likeness (QED) is 0.618. The first-order valence-corrected chi connectivity index (χ1v) is 7.82. The Kier molecular flexibility index (Phi) is 5.24. The molecule has 0 spiro atoms. The number of anilines is 1. The van der Waals surface area contributed by atoms with Gasteiger partial charge in [0, 0.05) is 49.5 Å². The van der Waals surface area contributed by atoms with Gasteiger partial charge in [0.05, 0.1) is 12.0 Å². The molecule has 0 aliphatic carbocycles. The number of benzene rings is 1. The second-order valence-electron chi connectivity index (χ2n) is 5.84. The van der Waals surface area contributed by atoms with Gasteiger partial charge in [-0.25, -0.2) is 0 Å². The van der Waals surface area contributed by atoms with Gasteiger partial charge in [0.1, 0.15) is 0 Å². The van der Waals surface area contributed by atoms with E-state index in [0.29, 0.717) is 18.2 Å².